The second kappa shape index (κ2) is 7.45. The van der Waals surface area contributed by atoms with Gasteiger partial charge >= 0.3 is 0 Å². The largest absolute Gasteiger partial charge is 0.496 e. The molecule has 0 unspecified atom stereocenters. The molecule has 0 heterocycles. The van der Waals surface area contributed by atoms with Gasteiger partial charge < -0.3 is 9.64 Å². The quantitative estimate of drug-likeness (QED) is 0.777. The van der Waals surface area contributed by atoms with Crippen molar-refractivity contribution in [3.63, 3.8) is 0 Å². The summed E-state index contributed by atoms with van der Waals surface area (Å²) in [6, 6.07) is 3.34. The number of carbonyl (C=O) groups is 1. The third kappa shape index (κ3) is 4.02. The van der Waals surface area contributed by atoms with Crippen LogP contribution in [0.1, 0.15) is 57.8 Å². The molecule has 6 heteroatoms. The predicted octanol–water partition coefficient (Wildman–Crippen LogP) is 4.90. The number of alkyl halides is 2. The van der Waals surface area contributed by atoms with E-state index < -0.39 is 23.2 Å². The maximum Gasteiger partial charge on any atom is 0.258 e. The monoisotopic (exact) mass is 345 g/mol. The molecular formula is C18H26F3NO2. The fraction of sp³-hybridized carbons (Fsp3) is 0.611. The number of amides is 1. The van der Waals surface area contributed by atoms with Crippen molar-refractivity contribution < 1.29 is 22.7 Å². The Morgan fingerprint density at radius 3 is 2.21 bits per heavy atom. The maximum atomic E-state index is 13.5. The van der Waals surface area contributed by atoms with Crippen molar-refractivity contribution in [3.05, 3.63) is 29.6 Å². The van der Waals surface area contributed by atoms with Crippen molar-refractivity contribution in [1.29, 1.82) is 0 Å². The molecule has 1 saturated carbocycles. The fourth-order valence-corrected chi connectivity index (χ4v) is 3.31. The Balaban J connectivity index is 0.00000139. The normalized spacial score (nSPS) is 17.4. The highest BCUT2D eigenvalue weighted by molar-refractivity contribution is 5.97. The smallest absolute Gasteiger partial charge is 0.258 e. The Morgan fingerprint density at radius 2 is 1.79 bits per heavy atom. The number of ether oxygens (including phenoxy) is 1. The highest BCUT2D eigenvalue weighted by Crippen LogP contribution is 2.50. The summed E-state index contributed by atoms with van der Waals surface area (Å²) >= 11 is 0. The van der Waals surface area contributed by atoms with Gasteiger partial charge in [0, 0.05) is 18.9 Å². The van der Waals surface area contributed by atoms with Crippen LogP contribution in [0.3, 0.4) is 0 Å². The average molecular weight is 345 g/mol. The second-order valence-corrected chi connectivity index (χ2v) is 6.32. The number of hydrogen-bond donors (Lipinski definition) is 0. The SMILES string of the molecule is CC.COc1ccc(F)cc1C(=O)N(C(C)C)C1(C)CC(F)(F)C1. The number of nitrogens with zero attached hydrogens (tertiary/aromatic N) is 1. The minimum absolute atomic E-state index is 0.0487. The maximum absolute atomic E-state index is 13.5. The van der Waals surface area contributed by atoms with Gasteiger partial charge in [-0.05, 0) is 39.0 Å². The number of carbonyl (C=O) groups excluding carboxylic acids is 1. The van der Waals surface area contributed by atoms with Crippen molar-refractivity contribution in [2.45, 2.75) is 65.0 Å². The minimum Gasteiger partial charge on any atom is -0.496 e. The van der Waals surface area contributed by atoms with Crippen LogP contribution < -0.4 is 4.74 Å². The third-order valence-electron chi connectivity index (χ3n) is 3.99. The van der Waals surface area contributed by atoms with Gasteiger partial charge in [0.25, 0.3) is 11.8 Å². The molecule has 0 atom stereocenters. The van der Waals surface area contributed by atoms with Crippen molar-refractivity contribution >= 4 is 5.91 Å². The van der Waals surface area contributed by atoms with E-state index in [1.54, 1.807) is 20.8 Å². The molecule has 0 aromatic heterocycles. The number of methoxy groups -OCH3 is 1. The third-order valence-corrected chi connectivity index (χ3v) is 3.99. The molecule has 1 aromatic carbocycles. The van der Waals surface area contributed by atoms with E-state index in [2.05, 4.69) is 0 Å². The van der Waals surface area contributed by atoms with Gasteiger partial charge in [-0.1, -0.05) is 13.8 Å². The zero-order valence-electron chi connectivity index (χ0n) is 15.1. The topological polar surface area (TPSA) is 29.5 Å². The van der Waals surface area contributed by atoms with Crippen LogP contribution in [0.2, 0.25) is 0 Å². The van der Waals surface area contributed by atoms with Crippen LogP contribution in [0, 0.1) is 5.82 Å². The molecule has 0 bridgehead atoms. The summed E-state index contributed by atoms with van der Waals surface area (Å²) in [5.74, 6) is -3.60. The van der Waals surface area contributed by atoms with Gasteiger partial charge in [0.15, 0.2) is 0 Å². The Morgan fingerprint density at radius 1 is 1.25 bits per heavy atom. The molecular weight excluding hydrogens is 319 g/mol. The van der Waals surface area contributed by atoms with Crippen LogP contribution in [-0.4, -0.2) is 35.4 Å². The summed E-state index contributed by atoms with van der Waals surface area (Å²) in [4.78, 5) is 14.2. The molecule has 1 fully saturated rings. The summed E-state index contributed by atoms with van der Waals surface area (Å²) in [6.45, 7) is 9.14. The first-order chi connectivity index (χ1) is 11.1. The number of hydrogen-bond acceptors (Lipinski definition) is 2. The van der Waals surface area contributed by atoms with Gasteiger partial charge in [-0.25, -0.2) is 13.2 Å². The molecule has 1 aliphatic rings. The summed E-state index contributed by atoms with van der Waals surface area (Å²) in [7, 11) is 1.38. The van der Waals surface area contributed by atoms with Gasteiger partial charge in [0.1, 0.15) is 11.6 Å². The van der Waals surface area contributed by atoms with Crippen LogP contribution in [0.25, 0.3) is 0 Å². The first-order valence-electron chi connectivity index (χ1n) is 8.15. The molecule has 1 aliphatic carbocycles. The molecule has 0 saturated heterocycles. The van der Waals surface area contributed by atoms with Crippen LogP contribution >= 0.6 is 0 Å². The lowest BCUT2D eigenvalue weighted by Crippen LogP contribution is -2.64. The van der Waals surface area contributed by atoms with Crippen LogP contribution in [-0.2, 0) is 0 Å². The summed E-state index contributed by atoms with van der Waals surface area (Å²) < 4.78 is 45.2. The van der Waals surface area contributed by atoms with Gasteiger partial charge in [-0.2, -0.15) is 0 Å². The Kier molecular flexibility index (Phi) is 6.31. The first-order valence-corrected chi connectivity index (χ1v) is 8.15. The van der Waals surface area contributed by atoms with E-state index in [0.29, 0.717) is 0 Å². The van der Waals surface area contributed by atoms with Gasteiger partial charge in [0.05, 0.1) is 18.2 Å². The van der Waals surface area contributed by atoms with Gasteiger partial charge in [-0.3, -0.25) is 4.79 Å². The van der Waals surface area contributed by atoms with Crippen molar-refractivity contribution in [2.75, 3.05) is 7.11 Å². The van der Waals surface area contributed by atoms with Gasteiger partial charge in [-0.15, -0.1) is 0 Å². The summed E-state index contributed by atoms with van der Waals surface area (Å²) in [6.07, 6.45) is -0.775. The number of rotatable bonds is 4. The lowest BCUT2D eigenvalue weighted by atomic mass is 9.72. The zero-order valence-corrected chi connectivity index (χ0v) is 15.1. The van der Waals surface area contributed by atoms with Crippen molar-refractivity contribution in [2.24, 2.45) is 0 Å². The molecule has 3 nitrogen and oxygen atoms in total. The lowest BCUT2D eigenvalue weighted by molar-refractivity contribution is -0.163. The highest BCUT2D eigenvalue weighted by atomic mass is 19.3. The molecule has 0 spiro atoms. The van der Waals surface area contributed by atoms with E-state index in [0.717, 1.165) is 6.07 Å². The Hall–Kier alpha value is -1.72. The van der Waals surface area contributed by atoms with Crippen LogP contribution in [0.5, 0.6) is 5.75 Å². The minimum atomic E-state index is -2.76. The number of benzene rings is 1. The molecule has 24 heavy (non-hydrogen) atoms. The van der Waals surface area contributed by atoms with E-state index in [1.807, 2.05) is 13.8 Å². The second-order valence-electron chi connectivity index (χ2n) is 6.32. The predicted molar refractivity (Wildman–Crippen MR) is 88.2 cm³/mol. The van der Waals surface area contributed by atoms with Gasteiger partial charge in [0.2, 0.25) is 0 Å². The van der Waals surface area contributed by atoms with E-state index in [9.17, 15) is 18.0 Å². The molecule has 136 valence electrons. The zero-order chi connectivity index (χ0) is 18.7. The van der Waals surface area contributed by atoms with E-state index in [4.69, 9.17) is 4.74 Å². The molecule has 0 N–H and O–H groups in total. The van der Waals surface area contributed by atoms with Crippen molar-refractivity contribution in [3.8, 4) is 5.75 Å². The standard InChI is InChI=1S/C16H20F3NO2.C2H6/c1-10(2)20(15(3)8-16(18,19)9-15)14(21)12-7-11(17)5-6-13(12)22-4;1-2/h5-7,10H,8-9H2,1-4H3;1-2H3. The van der Waals surface area contributed by atoms with Crippen LogP contribution in [0.4, 0.5) is 13.2 Å². The van der Waals surface area contributed by atoms with Crippen molar-refractivity contribution in [1.82, 2.24) is 4.90 Å². The Bertz CT molecular complexity index is 580. The molecule has 1 aromatic rings. The molecule has 0 radical (unpaired) electrons. The van der Waals surface area contributed by atoms with E-state index in [1.165, 1.54) is 24.1 Å². The highest BCUT2D eigenvalue weighted by Gasteiger charge is 2.58. The summed E-state index contributed by atoms with van der Waals surface area (Å²) in [5.41, 5.74) is -0.890. The molecule has 1 amide bonds. The fourth-order valence-electron chi connectivity index (χ4n) is 3.31. The van der Waals surface area contributed by atoms with E-state index >= 15 is 0 Å². The molecule has 2 rings (SSSR count). The lowest BCUT2D eigenvalue weighted by Gasteiger charge is -2.53. The summed E-state index contributed by atoms with van der Waals surface area (Å²) in [5, 5.41) is 0. The Labute approximate surface area is 141 Å². The first kappa shape index (κ1) is 20.3. The van der Waals surface area contributed by atoms with Crippen LogP contribution in [0.15, 0.2) is 18.2 Å². The van der Waals surface area contributed by atoms with E-state index in [-0.39, 0.29) is 30.2 Å². The molecule has 0 aliphatic heterocycles. The average Bonchev–Trinajstić information content (AvgIpc) is 2.46. The number of halogens is 3.